The van der Waals surface area contributed by atoms with E-state index in [9.17, 15) is 19.2 Å². The quantitative estimate of drug-likeness (QED) is 0.0789. The molecule has 1 amide bonds. The van der Waals surface area contributed by atoms with Crippen molar-refractivity contribution in [2.75, 3.05) is 11.9 Å². The van der Waals surface area contributed by atoms with E-state index < -0.39 is 48.6 Å². The molecule has 1 aliphatic rings. The fraction of sp³-hybridized carbons (Fsp3) is 0.200. The lowest BCUT2D eigenvalue weighted by molar-refractivity contribution is -0.240. The molecule has 0 saturated carbocycles. The lowest BCUT2D eigenvalue weighted by atomic mass is 10.0. The minimum Gasteiger partial charge on any atom is -0.460 e. The van der Waals surface area contributed by atoms with Gasteiger partial charge in [-0.3, -0.25) is 5.32 Å². The van der Waals surface area contributed by atoms with Crippen LogP contribution >= 0.6 is 0 Å². The third kappa shape index (κ3) is 11.7. The average molecular weight is 820 g/mol. The minimum absolute atomic E-state index is 0.0152. The van der Waals surface area contributed by atoms with E-state index in [0.717, 1.165) is 17.5 Å². The molecule has 7 rings (SSSR count). The van der Waals surface area contributed by atoms with Crippen molar-refractivity contribution in [3.63, 3.8) is 0 Å². The third-order valence-electron chi connectivity index (χ3n) is 9.98. The summed E-state index contributed by atoms with van der Waals surface area (Å²) in [5.41, 5.74) is 4.93. The summed E-state index contributed by atoms with van der Waals surface area (Å²) in [4.78, 5) is 53.5. The lowest BCUT2D eigenvalue weighted by Gasteiger charge is -2.40. The molecule has 310 valence electrons. The van der Waals surface area contributed by atoms with E-state index >= 15 is 0 Å². The number of carbonyl (C=O) groups is 4. The molecule has 0 spiro atoms. The largest absolute Gasteiger partial charge is 0.460 e. The molecule has 6 aromatic carbocycles. The van der Waals surface area contributed by atoms with Crippen LogP contribution in [0.15, 0.2) is 164 Å². The van der Waals surface area contributed by atoms with Crippen LogP contribution in [0.5, 0.6) is 5.75 Å². The molecule has 1 fully saturated rings. The van der Waals surface area contributed by atoms with Crippen LogP contribution in [-0.4, -0.2) is 55.2 Å². The molecular formula is C50H45NO10. The molecule has 1 aliphatic heterocycles. The normalized spacial score (nSPS) is 17.0. The summed E-state index contributed by atoms with van der Waals surface area (Å²) >= 11 is 0. The molecule has 1 N–H and O–H groups in total. The van der Waals surface area contributed by atoms with Crippen molar-refractivity contribution in [2.24, 2.45) is 0 Å². The number of amides is 1. The zero-order valence-electron chi connectivity index (χ0n) is 33.5. The Balaban J connectivity index is 1.22. The van der Waals surface area contributed by atoms with E-state index in [2.05, 4.69) is 24.4 Å². The number of carbonyl (C=O) groups excluding carboxylic acids is 4. The van der Waals surface area contributed by atoms with E-state index in [1.165, 1.54) is 5.56 Å². The van der Waals surface area contributed by atoms with Gasteiger partial charge >= 0.3 is 24.0 Å². The second-order valence-electron chi connectivity index (χ2n) is 14.3. The second kappa shape index (κ2) is 20.6. The summed E-state index contributed by atoms with van der Waals surface area (Å²) < 4.78 is 36.7. The van der Waals surface area contributed by atoms with Crippen LogP contribution in [-0.2, 0) is 43.1 Å². The van der Waals surface area contributed by atoms with Crippen molar-refractivity contribution < 1.29 is 47.6 Å². The highest BCUT2D eigenvalue weighted by Crippen LogP contribution is 2.33. The van der Waals surface area contributed by atoms with E-state index in [1.54, 1.807) is 103 Å². The molecule has 1 saturated heterocycles. The van der Waals surface area contributed by atoms with Gasteiger partial charge in [0.15, 0.2) is 0 Å². The molecule has 11 nitrogen and oxygen atoms in total. The Hall–Kier alpha value is -7.24. The van der Waals surface area contributed by atoms with Crippen molar-refractivity contribution >= 4 is 29.7 Å². The first kappa shape index (κ1) is 41.9. The van der Waals surface area contributed by atoms with Crippen LogP contribution in [0.2, 0.25) is 0 Å². The van der Waals surface area contributed by atoms with Gasteiger partial charge in [-0.2, -0.15) is 0 Å². The van der Waals surface area contributed by atoms with Gasteiger partial charge < -0.3 is 28.4 Å². The van der Waals surface area contributed by atoms with Crippen LogP contribution < -0.4 is 10.1 Å². The third-order valence-corrected chi connectivity index (χ3v) is 9.98. The van der Waals surface area contributed by atoms with Crippen LogP contribution in [0.25, 0.3) is 0 Å². The van der Waals surface area contributed by atoms with Gasteiger partial charge in [-0.1, -0.05) is 122 Å². The van der Waals surface area contributed by atoms with Crippen molar-refractivity contribution in [3.05, 3.63) is 203 Å². The van der Waals surface area contributed by atoms with E-state index in [-0.39, 0.29) is 36.5 Å². The highest BCUT2D eigenvalue weighted by molar-refractivity contribution is 5.91. The molecular weight excluding hydrogens is 775 g/mol. The summed E-state index contributed by atoms with van der Waals surface area (Å²) in [5.74, 6) is -1.67. The zero-order valence-corrected chi connectivity index (χ0v) is 33.5. The summed E-state index contributed by atoms with van der Waals surface area (Å²) in [6, 6.07) is 48.0. The number of benzene rings is 6. The fourth-order valence-corrected chi connectivity index (χ4v) is 6.71. The molecule has 0 aliphatic carbocycles. The first-order valence-corrected chi connectivity index (χ1v) is 20.1. The maximum atomic E-state index is 13.8. The summed E-state index contributed by atoms with van der Waals surface area (Å²) in [5, 5.41) is 2.78. The Morgan fingerprint density at radius 3 is 1.77 bits per heavy atom. The number of nitrogens with one attached hydrogen (secondary N) is 1. The number of hydrogen-bond acceptors (Lipinski definition) is 10. The maximum absolute atomic E-state index is 13.8. The summed E-state index contributed by atoms with van der Waals surface area (Å²) in [6.45, 7) is 1.91. The van der Waals surface area contributed by atoms with Gasteiger partial charge in [0.2, 0.25) is 12.4 Å². The standard InChI is InChI=1S/C50H45NO10/c1-2-34-23-25-35(26-24-34)29-40-27-28-41(51-50(55)57-32-36-15-7-3-8-16-36)30-43(40)60-49-45(61-48(54)39-21-13-6-14-22-39)44(59-47(53)38-19-11-5-12-20-38)31-42(58-49)33-56-46(52)37-17-9-4-10-18-37/h3-28,30,42,44-45,49H,2,29,31-33H2,1H3,(H,51,55)/t42-,44-,45+,49-/m0/s1. The topological polar surface area (TPSA) is 136 Å². The zero-order chi connectivity index (χ0) is 42.4. The van der Waals surface area contributed by atoms with E-state index in [1.807, 2.05) is 48.5 Å². The fourth-order valence-electron chi connectivity index (χ4n) is 6.71. The van der Waals surface area contributed by atoms with Gasteiger partial charge in [0.25, 0.3) is 0 Å². The summed E-state index contributed by atoms with van der Waals surface area (Å²) in [6.07, 6.45) is -4.12. The lowest BCUT2D eigenvalue weighted by Crippen LogP contribution is -2.55. The molecule has 0 radical (unpaired) electrons. The molecule has 4 atom stereocenters. The van der Waals surface area contributed by atoms with Crippen molar-refractivity contribution in [2.45, 2.75) is 57.4 Å². The van der Waals surface area contributed by atoms with Gasteiger partial charge in [0.1, 0.15) is 25.1 Å². The van der Waals surface area contributed by atoms with Gasteiger partial charge in [-0.05, 0) is 71.1 Å². The van der Waals surface area contributed by atoms with Crippen molar-refractivity contribution in [3.8, 4) is 5.75 Å². The Morgan fingerprint density at radius 1 is 0.607 bits per heavy atom. The number of anilines is 1. The molecule has 6 aromatic rings. The average Bonchev–Trinajstić information content (AvgIpc) is 3.30. The van der Waals surface area contributed by atoms with Crippen LogP contribution in [0.4, 0.5) is 10.5 Å². The minimum atomic E-state index is -1.41. The predicted octanol–water partition coefficient (Wildman–Crippen LogP) is 9.39. The second-order valence-corrected chi connectivity index (χ2v) is 14.3. The predicted molar refractivity (Wildman–Crippen MR) is 227 cm³/mol. The van der Waals surface area contributed by atoms with Crippen LogP contribution in [0, 0.1) is 0 Å². The highest BCUT2D eigenvalue weighted by Gasteiger charge is 2.46. The monoisotopic (exact) mass is 819 g/mol. The molecule has 11 heteroatoms. The van der Waals surface area contributed by atoms with E-state index in [4.69, 9.17) is 28.4 Å². The molecule has 61 heavy (non-hydrogen) atoms. The Kier molecular flexibility index (Phi) is 14.2. The number of hydrogen-bond donors (Lipinski definition) is 1. The van der Waals surface area contributed by atoms with E-state index in [0.29, 0.717) is 23.2 Å². The summed E-state index contributed by atoms with van der Waals surface area (Å²) in [7, 11) is 0. The van der Waals surface area contributed by atoms with Gasteiger partial charge in [-0.25, -0.2) is 19.2 Å². The van der Waals surface area contributed by atoms with Gasteiger partial charge in [-0.15, -0.1) is 0 Å². The van der Waals surface area contributed by atoms with Crippen molar-refractivity contribution in [1.29, 1.82) is 0 Å². The Bertz CT molecular complexity index is 2380. The molecule has 1 heterocycles. The number of aryl methyl sites for hydroxylation is 1. The Labute approximate surface area is 354 Å². The molecule has 0 aromatic heterocycles. The smallest absolute Gasteiger partial charge is 0.411 e. The highest BCUT2D eigenvalue weighted by atomic mass is 16.7. The first-order chi connectivity index (χ1) is 29.8. The number of esters is 3. The number of rotatable bonds is 15. The SMILES string of the molecule is CCc1ccc(Cc2ccc(NC(=O)OCc3ccccc3)cc2O[C@@H]2O[C@H](COC(=O)c3ccccc3)C[C@H](OC(=O)c3ccccc3)[C@H]2OC(=O)c2ccccc2)cc1. The van der Waals surface area contributed by atoms with Crippen molar-refractivity contribution in [1.82, 2.24) is 0 Å². The molecule has 0 unspecified atom stereocenters. The van der Waals surface area contributed by atoms with Gasteiger partial charge in [0, 0.05) is 24.6 Å². The number of ether oxygens (including phenoxy) is 6. The first-order valence-electron chi connectivity index (χ1n) is 20.1. The maximum Gasteiger partial charge on any atom is 0.411 e. The van der Waals surface area contributed by atoms with Crippen LogP contribution in [0.3, 0.4) is 0 Å². The van der Waals surface area contributed by atoms with Gasteiger partial charge in [0.05, 0.1) is 22.8 Å². The molecule has 0 bridgehead atoms. The Morgan fingerprint density at radius 2 is 1.16 bits per heavy atom. The van der Waals surface area contributed by atoms with Crippen LogP contribution in [0.1, 0.15) is 66.7 Å².